The topological polar surface area (TPSA) is 9.23 Å². The van der Waals surface area contributed by atoms with Gasteiger partial charge in [-0.25, -0.2) is 0 Å². The van der Waals surface area contributed by atoms with Crippen molar-refractivity contribution in [3.8, 4) is 0 Å². The summed E-state index contributed by atoms with van der Waals surface area (Å²) in [6.45, 7) is 9.14. The summed E-state index contributed by atoms with van der Waals surface area (Å²) in [6, 6.07) is 1.32. The van der Waals surface area contributed by atoms with E-state index in [0.717, 1.165) is 5.92 Å². The van der Waals surface area contributed by atoms with E-state index in [1.165, 1.54) is 18.9 Å². The average Bonchev–Trinajstić information content (AvgIpc) is 2.00. The summed E-state index contributed by atoms with van der Waals surface area (Å²) in [5.74, 6) is 0.886. The van der Waals surface area contributed by atoms with Gasteiger partial charge in [0.1, 0.15) is 0 Å². The molecular formula is C9H22OSi. The molecular weight excluding hydrogens is 152 g/mol. The SMILES string of the molecule is CCC(CC)C[Si](C)(C)OC. The molecule has 11 heavy (non-hydrogen) atoms. The Morgan fingerprint density at radius 1 is 1.18 bits per heavy atom. The van der Waals surface area contributed by atoms with Crippen molar-refractivity contribution in [1.29, 1.82) is 0 Å². The first-order valence-electron chi connectivity index (χ1n) is 4.60. The summed E-state index contributed by atoms with van der Waals surface area (Å²) in [5, 5.41) is 0. The van der Waals surface area contributed by atoms with Gasteiger partial charge in [0, 0.05) is 7.11 Å². The maximum atomic E-state index is 5.51. The molecule has 2 heteroatoms. The molecule has 0 aromatic heterocycles. The Kier molecular flexibility index (Phi) is 5.02. The van der Waals surface area contributed by atoms with E-state index in [-0.39, 0.29) is 0 Å². The van der Waals surface area contributed by atoms with Crippen LogP contribution in [0, 0.1) is 5.92 Å². The van der Waals surface area contributed by atoms with E-state index in [0.29, 0.717) is 0 Å². The van der Waals surface area contributed by atoms with E-state index in [9.17, 15) is 0 Å². The van der Waals surface area contributed by atoms with Gasteiger partial charge in [0.25, 0.3) is 0 Å². The minimum atomic E-state index is -1.28. The summed E-state index contributed by atoms with van der Waals surface area (Å²) in [5.41, 5.74) is 0. The van der Waals surface area contributed by atoms with E-state index in [2.05, 4.69) is 26.9 Å². The summed E-state index contributed by atoms with van der Waals surface area (Å²) in [6.07, 6.45) is 2.60. The Labute approximate surface area is 72.3 Å². The van der Waals surface area contributed by atoms with Crippen LogP contribution in [-0.4, -0.2) is 15.4 Å². The van der Waals surface area contributed by atoms with Crippen molar-refractivity contribution in [3.05, 3.63) is 0 Å². The number of hydrogen-bond acceptors (Lipinski definition) is 1. The first-order chi connectivity index (χ1) is 5.05. The monoisotopic (exact) mass is 174 g/mol. The largest absolute Gasteiger partial charge is 0.420 e. The first kappa shape index (κ1) is 11.2. The van der Waals surface area contributed by atoms with Gasteiger partial charge in [0.15, 0.2) is 8.32 Å². The van der Waals surface area contributed by atoms with Crippen LogP contribution < -0.4 is 0 Å². The molecule has 0 aromatic carbocycles. The minimum Gasteiger partial charge on any atom is -0.420 e. The van der Waals surface area contributed by atoms with Crippen molar-refractivity contribution in [2.75, 3.05) is 7.11 Å². The zero-order valence-electron chi connectivity index (χ0n) is 8.61. The van der Waals surface area contributed by atoms with Crippen molar-refractivity contribution >= 4 is 8.32 Å². The van der Waals surface area contributed by atoms with E-state index in [1.54, 1.807) is 0 Å². The fourth-order valence-electron chi connectivity index (χ4n) is 1.36. The lowest BCUT2D eigenvalue weighted by Gasteiger charge is -2.24. The van der Waals surface area contributed by atoms with Crippen LogP contribution in [0.15, 0.2) is 0 Å². The lowest BCUT2D eigenvalue weighted by atomic mass is 10.1. The molecule has 0 spiro atoms. The minimum absolute atomic E-state index is 0.886. The van der Waals surface area contributed by atoms with E-state index < -0.39 is 8.32 Å². The van der Waals surface area contributed by atoms with Gasteiger partial charge in [-0.05, 0) is 25.1 Å². The molecule has 0 rings (SSSR count). The molecule has 0 atom stereocenters. The molecule has 0 N–H and O–H groups in total. The van der Waals surface area contributed by atoms with Crippen LogP contribution >= 0.6 is 0 Å². The highest BCUT2D eigenvalue weighted by Gasteiger charge is 2.23. The third-order valence-corrected chi connectivity index (χ3v) is 5.15. The normalized spacial score (nSPS) is 12.5. The lowest BCUT2D eigenvalue weighted by molar-refractivity contribution is 0.386. The van der Waals surface area contributed by atoms with Crippen molar-refractivity contribution in [1.82, 2.24) is 0 Å². The highest BCUT2D eigenvalue weighted by Crippen LogP contribution is 2.22. The average molecular weight is 174 g/mol. The molecule has 0 unspecified atom stereocenters. The fourth-order valence-corrected chi connectivity index (χ4v) is 3.49. The van der Waals surface area contributed by atoms with Gasteiger partial charge in [-0.1, -0.05) is 26.7 Å². The fraction of sp³-hybridized carbons (Fsp3) is 1.00. The summed E-state index contributed by atoms with van der Waals surface area (Å²) < 4.78 is 5.51. The predicted octanol–water partition coefficient (Wildman–Crippen LogP) is 3.27. The van der Waals surface area contributed by atoms with Gasteiger partial charge < -0.3 is 4.43 Å². The second kappa shape index (κ2) is 4.94. The van der Waals surface area contributed by atoms with Crippen molar-refractivity contribution in [2.45, 2.75) is 45.8 Å². The van der Waals surface area contributed by atoms with Crippen LogP contribution in [0.4, 0.5) is 0 Å². The molecule has 68 valence electrons. The van der Waals surface area contributed by atoms with Crippen molar-refractivity contribution in [3.63, 3.8) is 0 Å². The number of hydrogen-bond donors (Lipinski definition) is 0. The Balaban J connectivity index is 3.79. The predicted molar refractivity (Wildman–Crippen MR) is 53.4 cm³/mol. The standard InChI is InChI=1S/C9H22OSi/c1-6-9(7-2)8-11(4,5)10-3/h9H,6-8H2,1-5H3. The maximum absolute atomic E-state index is 5.51. The Hall–Kier alpha value is 0.177. The van der Waals surface area contributed by atoms with Gasteiger partial charge in [-0.2, -0.15) is 0 Å². The van der Waals surface area contributed by atoms with E-state index >= 15 is 0 Å². The van der Waals surface area contributed by atoms with Gasteiger partial charge in [-0.15, -0.1) is 0 Å². The smallest absolute Gasteiger partial charge is 0.186 e. The Morgan fingerprint density at radius 3 is 1.91 bits per heavy atom. The van der Waals surface area contributed by atoms with Crippen LogP contribution in [0.1, 0.15) is 26.7 Å². The molecule has 0 saturated carbocycles. The molecule has 0 aromatic rings. The molecule has 0 heterocycles. The quantitative estimate of drug-likeness (QED) is 0.581. The molecule has 0 aliphatic rings. The van der Waals surface area contributed by atoms with E-state index in [1.807, 2.05) is 7.11 Å². The zero-order chi connectivity index (χ0) is 8.91. The van der Waals surface area contributed by atoms with Crippen LogP contribution in [0.2, 0.25) is 19.1 Å². The van der Waals surface area contributed by atoms with E-state index in [4.69, 9.17) is 4.43 Å². The molecule has 0 fully saturated rings. The van der Waals surface area contributed by atoms with Crippen LogP contribution in [0.25, 0.3) is 0 Å². The van der Waals surface area contributed by atoms with Crippen LogP contribution in [-0.2, 0) is 4.43 Å². The third-order valence-electron chi connectivity index (χ3n) is 2.49. The van der Waals surface area contributed by atoms with Crippen molar-refractivity contribution in [2.24, 2.45) is 5.92 Å². The van der Waals surface area contributed by atoms with Gasteiger partial charge in [0.05, 0.1) is 0 Å². The summed E-state index contributed by atoms with van der Waals surface area (Å²) in [7, 11) is 0.573. The van der Waals surface area contributed by atoms with Gasteiger partial charge >= 0.3 is 0 Å². The number of rotatable bonds is 5. The molecule has 0 aliphatic carbocycles. The zero-order valence-corrected chi connectivity index (χ0v) is 9.61. The second-order valence-electron chi connectivity index (χ2n) is 3.85. The Bertz CT molecular complexity index is 97.7. The second-order valence-corrected chi connectivity index (χ2v) is 8.19. The highest BCUT2D eigenvalue weighted by atomic mass is 28.4. The highest BCUT2D eigenvalue weighted by molar-refractivity contribution is 6.71. The molecule has 0 radical (unpaired) electrons. The molecule has 0 saturated heterocycles. The van der Waals surface area contributed by atoms with Crippen LogP contribution in [0.5, 0.6) is 0 Å². The first-order valence-corrected chi connectivity index (χ1v) is 7.72. The summed E-state index contributed by atoms with van der Waals surface area (Å²) in [4.78, 5) is 0. The maximum Gasteiger partial charge on any atom is 0.186 e. The van der Waals surface area contributed by atoms with Crippen LogP contribution in [0.3, 0.4) is 0 Å². The molecule has 0 aliphatic heterocycles. The third kappa shape index (κ3) is 4.59. The summed E-state index contributed by atoms with van der Waals surface area (Å²) >= 11 is 0. The molecule has 0 bridgehead atoms. The molecule has 0 amide bonds. The van der Waals surface area contributed by atoms with Gasteiger partial charge in [-0.3, -0.25) is 0 Å². The Morgan fingerprint density at radius 2 is 1.64 bits per heavy atom. The van der Waals surface area contributed by atoms with Crippen molar-refractivity contribution < 1.29 is 4.43 Å². The lowest BCUT2D eigenvalue weighted by Crippen LogP contribution is -2.31. The molecule has 1 nitrogen and oxygen atoms in total. The van der Waals surface area contributed by atoms with Gasteiger partial charge in [0.2, 0.25) is 0 Å².